The van der Waals surface area contributed by atoms with Crippen molar-refractivity contribution < 1.29 is 4.79 Å². The summed E-state index contributed by atoms with van der Waals surface area (Å²) in [7, 11) is 0. The minimum absolute atomic E-state index is 0.419. The highest BCUT2D eigenvalue weighted by Gasteiger charge is 2.22. The normalized spacial score (nSPS) is 23.8. The lowest BCUT2D eigenvalue weighted by atomic mass is 9.99. The molecule has 1 aliphatic carbocycles. The molecular formula is C13H24N2O. The van der Waals surface area contributed by atoms with E-state index in [-0.39, 0.29) is 0 Å². The molecule has 3 heteroatoms. The lowest BCUT2D eigenvalue weighted by molar-refractivity contribution is -0.122. The molecule has 1 aliphatic heterocycles. The second-order valence-electron chi connectivity index (χ2n) is 5.14. The molecule has 2 rings (SSSR count). The minimum Gasteiger partial charge on any atom is -0.314 e. The van der Waals surface area contributed by atoms with Crippen molar-refractivity contribution in [3.63, 3.8) is 0 Å². The molecule has 1 saturated heterocycles. The second-order valence-corrected chi connectivity index (χ2v) is 5.14. The van der Waals surface area contributed by atoms with Crippen LogP contribution in [0.5, 0.6) is 0 Å². The van der Waals surface area contributed by atoms with E-state index in [9.17, 15) is 4.79 Å². The van der Waals surface area contributed by atoms with Gasteiger partial charge in [0, 0.05) is 38.5 Å². The van der Waals surface area contributed by atoms with Gasteiger partial charge in [-0.1, -0.05) is 12.8 Å². The zero-order valence-electron chi connectivity index (χ0n) is 10.2. The number of piperazine rings is 1. The van der Waals surface area contributed by atoms with Crippen LogP contribution in [0, 0.1) is 5.92 Å². The number of ketones is 1. The van der Waals surface area contributed by atoms with Gasteiger partial charge in [0.2, 0.25) is 0 Å². The average Bonchev–Trinajstić information content (AvgIpc) is 2.84. The summed E-state index contributed by atoms with van der Waals surface area (Å²) in [5.74, 6) is 0.954. The van der Waals surface area contributed by atoms with Gasteiger partial charge in [-0.05, 0) is 25.8 Å². The van der Waals surface area contributed by atoms with E-state index in [4.69, 9.17) is 0 Å². The first-order chi connectivity index (χ1) is 7.86. The molecule has 1 saturated carbocycles. The van der Waals surface area contributed by atoms with Gasteiger partial charge in [0.15, 0.2) is 0 Å². The maximum Gasteiger partial charge on any atom is 0.136 e. The Hall–Kier alpha value is -0.410. The summed E-state index contributed by atoms with van der Waals surface area (Å²) in [6, 6.07) is 0. The van der Waals surface area contributed by atoms with Gasteiger partial charge in [-0.15, -0.1) is 0 Å². The fraction of sp³-hybridized carbons (Fsp3) is 0.923. The molecule has 1 heterocycles. The second kappa shape index (κ2) is 6.36. The Morgan fingerprint density at radius 3 is 2.56 bits per heavy atom. The predicted octanol–water partition coefficient (Wildman–Crippen LogP) is 1.43. The van der Waals surface area contributed by atoms with Crippen molar-refractivity contribution in [1.29, 1.82) is 0 Å². The molecule has 16 heavy (non-hydrogen) atoms. The highest BCUT2D eigenvalue weighted by Crippen LogP contribution is 2.26. The van der Waals surface area contributed by atoms with Crippen molar-refractivity contribution in [2.24, 2.45) is 5.92 Å². The molecule has 0 unspecified atom stereocenters. The molecule has 1 N–H and O–H groups in total. The molecule has 0 radical (unpaired) electrons. The molecule has 0 bridgehead atoms. The topological polar surface area (TPSA) is 32.3 Å². The van der Waals surface area contributed by atoms with Crippen molar-refractivity contribution in [1.82, 2.24) is 10.2 Å². The lowest BCUT2D eigenvalue weighted by Gasteiger charge is -2.27. The van der Waals surface area contributed by atoms with Gasteiger partial charge in [0.1, 0.15) is 5.78 Å². The third-order valence-electron chi connectivity index (χ3n) is 3.92. The van der Waals surface area contributed by atoms with Crippen LogP contribution in [0.3, 0.4) is 0 Å². The number of nitrogens with zero attached hydrogens (tertiary/aromatic N) is 1. The summed E-state index contributed by atoms with van der Waals surface area (Å²) in [6.07, 6.45) is 6.74. The number of Topliss-reactive ketones (excluding diaryl/α,β-unsaturated/α-hetero) is 1. The number of hydrogen-bond acceptors (Lipinski definition) is 3. The molecule has 0 amide bonds. The first-order valence-electron chi connectivity index (χ1n) is 6.82. The molecular weight excluding hydrogens is 200 g/mol. The quantitative estimate of drug-likeness (QED) is 0.767. The van der Waals surface area contributed by atoms with E-state index in [1.807, 2.05) is 0 Å². The molecule has 2 aliphatic rings. The van der Waals surface area contributed by atoms with E-state index < -0.39 is 0 Å². The summed E-state index contributed by atoms with van der Waals surface area (Å²) in [6.45, 7) is 5.63. The Morgan fingerprint density at radius 2 is 1.88 bits per heavy atom. The number of hydrogen-bond donors (Lipinski definition) is 1. The monoisotopic (exact) mass is 224 g/mol. The average molecular weight is 224 g/mol. The standard InChI is InChI=1S/C13H24N2O/c16-13(12-4-1-2-5-12)6-3-9-15-10-7-14-8-11-15/h12,14H,1-11H2. The van der Waals surface area contributed by atoms with Gasteiger partial charge in [0.05, 0.1) is 0 Å². The van der Waals surface area contributed by atoms with E-state index in [0.717, 1.165) is 58.4 Å². The van der Waals surface area contributed by atoms with Gasteiger partial charge < -0.3 is 10.2 Å². The van der Waals surface area contributed by atoms with Gasteiger partial charge in [-0.25, -0.2) is 0 Å². The minimum atomic E-state index is 0.419. The summed E-state index contributed by atoms with van der Waals surface area (Å²) in [5.41, 5.74) is 0. The maximum absolute atomic E-state index is 11.9. The SMILES string of the molecule is O=C(CCCN1CCNCC1)C1CCCC1. The molecule has 0 aromatic rings. The summed E-state index contributed by atoms with van der Waals surface area (Å²) in [4.78, 5) is 14.3. The third kappa shape index (κ3) is 3.56. The molecule has 3 nitrogen and oxygen atoms in total. The fourth-order valence-electron chi connectivity index (χ4n) is 2.86. The molecule has 0 aromatic carbocycles. The molecule has 0 aromatic heterocycles. The van der Waals surface area contributed by atoms with Gasteiger partial charge in [0.25, 0.3) is 0 Å². The van der Waals surface area contributed by atoms with E-state index in [0.29, 0.717) is 11.7 Å². The highest BCUT2D eigenvalue weighted by molar-refractivity contribution is 5.81. The Morgan fingerprint density at radius 1 is 1.19 bits per heavy atom. The summed E-state index contributed by atoms with van der Waals surface area (Å²) in [5, 5.41) is 3.35. The number of nitrogens with one attached hydrogen (secondary N) is 1. The van der Waals surface area contributed by atoms with Crippen molar-refractivity contribution in [2.75, 3.05) is 32.7 Å². The maximum atomic E-state index is 11.9. The van der Waals surface area contributed by atoms with Crippen molar-refractivity contribution >= 4 is 5.78 Å². The Labute approximate surface area is 98.6 Å². The Balaban J connectivity index is 1.57. The van der Waals surface area contributed by atoms with Crippen molar-refractivity contribution in [3.8, 4) is 0 Å². The zero-order valence-corrected chi connectivity index (χ0v) is 10.2. The smallest absolute Gasteiger partial charge is 0.136 e. The molecule has 2 fully saturated rings. The summed E-state index contributed by atoms with van der Waals surface area (Å²) < 4.78 is 0. The van der Waals surface area contributed by atoms with Crippen LogP contribution in [0.1, 0.15) is 38.5 Å². The number of carbonyl (C=O) groups excluding carboxylic acids is 1. The fourth-order valence-corrected chi connectivity index (χ4v) is 2.86. The molecule has 0 atom stereocenters. The van der Waals surface area contributed by atoms with Crippen LogP contribution >= 0.6 is 0 Å². The summed E-state index contributed by atoms with van der Waals surface area (Å²) >= 11 is 0. The third-order valence-corrected chi connectivity index (χ3v) is 3.92. The van der Waals surface area contributed by atoms with Gasteiger partial charge in [-0.3, -0.25) is 4.79 Å². The van der Waals surface area contributed by atoms with Crippen LogP contribution < -0.4 is 5.32 Å². The van der Waals surface area contributed by atoms with E-state index in [1.165, 1.54) is 12.8 Å². The number of rotatable bonds is 5. The zero-order chi connectivity index (χ0) is 11.2. The van der Waals surface area contributed by atoms with E-state index >= 15 is 0 Å². The lowest BCUT2D eigenvalue weighted by Crippen LogP contribution is -2.43. The van der Waals surface area contributed by atoms with Crippen molar-refractivity contribution in [3.05, 3.63) is 0 Å². The molecule has 92 valence electrons. The van der Waals surface area contributed by atoms with Crippen LogP contribution in [0.25, 0.3) is 0 Å². The van der Waals surface area contributed by atoms with Crippen LogP contribution in [0.15, 0.2) is 0 Å². The molecule has 0 spiro atoms. The Bertz CT molecular complexity index is 218. The van der Waals surface area contributed by atoms with Crippen LogP contribution in [0.2, 0.25) is 0 Å². The van der Waals surface area contributed by atoms with Gasteiger partial charge >= 0.3 is 0 Å². The highest BCUT2D eigenvalue weighted by atomic mass is 16.1. The Kier molecular flexibility index (Phi) is 4.79. The predicted molar refractivity (Wildman–Crippen MR) is 65.5 cm³/mol. The van der Waals surface area contributed by atoms with Crippen LogP contribution in [-0.4, -0.2) is 43.4 Å². The van der Waals surface area contributed by atoms with Gasteiger partial charge in [-0.2, -0.15) is 0 Å². The van der Waals surface area contributed by atoms with Crippen LogP contribution in [-0.2, 0) is 4.79 Å². The van der Waals surface area contributed by atoms with Crippen LogP contribution in [0.4, 0.5) is 0 Å². The first-order valence-corrected chi connectivity index (χ1v) is 6.82. The van der Waals surface area contributed by atoms with Crippen molar-refractivity contribution in [2.45, 2.75) is 38.5 Å². The largest absolute Gasteiger partial charge is 0.314 e. The number of carbonyl (C=O) groups is 1. The van der Waals surface area contributed by atoms with E-state index in [1.54, 1.807) is 0 Å². The van der Waals surface area contributed by atoms with E-state index in [2.05, 4.69) is 10.2 Å². The first kappa shape index (κ1) is 12.1.